The molecule has 1 heterocycles. The summed E-state index contributed by atoms with van der Waals surface area (Å²) in [5, 5.41) is 8.74. The van der Waals surface area contributed by atoms with Gasteiger partial charge in [0.1, 0.15) is 10.6 Å². The van der Waals surface area contributed by atoms with Crippen LogP contribution in [0.2, 0.25) is 0 Å². The molecule has 0 unspecified atom stereocenters. The topological polar surface area (TPSA) is 96.4 Å². The van der Waals surface area contributed by atoms with Crippen molar-refractivity contribution in [3.8, 4) is 0 Å². The molecule has 0 amide bonds. The van der Waals surface area contributed by atoms with Crippen LogP contribution in [0.3, 0.4) is 0 Å². The van der Waals surface area contributed by atoms with Crippen molar-refractivity contribution in [3.63, 3.8) is 0 Å². The second kappa shape index (κ2) is 6.12. The Morgan fingerprint density at radius 2 is 1.90 bits per heavy atom. The molecule has 0 atom stereocenters. The largest absolute Gasteiger partial charge is 0.477 e. The van der Waals surface area contributed by atoms with Crippen LogP contribution < -0.4 is 4.72 Å². The second-order valence-corrected chi connectivity index (χ2v) is 7.34. The van der Waals surface area contributed by atoms with Gasteiger partial charge in [-0.1, -0.05) is 15.9 Å². The third-order valence-corrected chi connectivity index (χ3v) is 5.29. The van der Waals surface area contributed by atoms with E-state index in [1.54, 1.807) is 12.1 Å². The molecule has 21 heavy (non-hydrogen) atoms. The number of carboxylic acids is 1. The number of rotatable bonds is 4. The van der Waals surface area contributed by atoms with Gasteiger partial charge in [0.2, 0.25) is 0 Å². The van der Waals surface area contributed by atoms with E-state index in [-0.39, 0.29) is 16.3 Å². The predicted octanol–water partition coefficient (Wildman–Crippen LogP) is 3.11. The van der Waals surface area contributed by atoms with E-state index in [9.17, 15) is 13.2 Å². The summed E-state index contributed by atoms with van der Waals surface area (Å²) in [6.07, 6.45) is 1.15. The molecule has 2 aromatic rings. The third-order valence-electron chi connectivity index (χ3n) is 2.42. The highest BCUT2D eigenvalue weighted by Gasteiger charge is 2.18. The molecule has 0 saturated carbocycles. The zero-order valence-corrected chi connectivity index (χ0v) is 14.2. The van der Waals surface area contributed by atoms with Gasteiger partial charge in [-0.05, 0) is 46.3 Å². The summed E-state index contributed by atoms with van der Waals surface area (Å²) in [6, 6.07) is 7.30. The van der Waals surface area contributed by atoms with Crippen LogP contribution in [-0.4, -0.2) is 24.5 Å². The molecule has 0 aliphatic heterocycles. The Kier molecular flexibility index (Phi) is 4.64. The molecule has 0 spiro atoms. The fraction of sp³-hybridized carbons (Fsp3) is 0. The summed E-state index contributed by atoms with van der Waals surface area (Å²) >= 11 is 6.39. The van der Waals surface area contributed by atoms with E-state index in [4.69, 9.17) is 5.11 Å². The van der Waals surface area contributed by atoms with Gasteiger partial charge in [-0.25, -0.2) is 18.2 Å². The lowest BCUT2D eigenvalue weighted by Gasteiger charge is -2.10. The summed E-state index contributed by atoms with van der Waals surface area (Å²) in [5.74, 6) is -1.18. The molecule has 1 aromatic heterocycles. The highest BCUT2D eigenvalue weighted by Crippen LogP contribution is 2.27. The molecular weight excluding hydrogens is 428 g/mol. The number of aromatic carboxylic acids is 1. The predicted molar refractivity (Wildman–Crippen MR) is 83.8 cm³/mol. The maximum Gasteiger partial charge on any atom is 0.354 e. The van der Waals surface area contributed by atoms with Gasteiger partial charge in [0, 0.05) is 8.95 Å². The normalized spacial score (nSPS) is 11.1. The van der Waals surface area contributed by atoms with E-state index in [2.05, 4.69) is 41.6 Å². The number of aromatic nitrogens is 1. The van der Waals surface area contributed by atoms with Crippen molar-refractivity contribution in [3.05, 3.63) is 51.2 Å². The number of carboxylic acid groups (broad SMARTS) is 1. The molecule has 110 valence electrons. The molecule has 0 radical (unpaired) electrons. The second-order valence-electron chi connectivity index (χ2n) is 3.92. The summed E-state index contributed by atoms with van der Waals surface area (Å²) in [4.78, 5) is 14.4. The first kappa shape index (κ1) is 15.9. The molecule has 2 rings (SSSR count). The van der Waals surface area contributed by atoms with Gasteiger partial charge in [-0.2, -0.15) is 0 Å². The molecule has 0 bridgehead atoms. The van der Waals surface area contributed by atoms with Gasteiger partial charge in [-0.3, -0.25) is 4.72 Å². The lowest BCUT2D eigenvalue weighted by atomic mass is 10.3. The number of sulfonamides is 1. The maximum atomic E-state index is 12.3. The number of halogens is 2. The molecule has 1 aromatic carbocycles. The highest BCUT2D eigenvalue weighted by molar-refractivity contribution is 9.11. The number of carbonyl (C=O) groups is 1. The number of hydrogen-bond acceptors (Lipinski definition) is 4. The monoisotopic (exact) mass is 434 g/mol. The Labute approximate surface area is 137 Å². The molecule has 6 nitrogen and oxygen atoms in total. The first-order chi connectivity index (χ1) is 9.79. The van der Waals surface area contributed by atoms with Crippen LogP contribution in [0.4, 0.5) is 5.69 Å². The summed E-state index contributed by atoms with van der Waals surface area (Å²) in [7, 11) is -3.81. The number of nitrogens with zero attached hydrogens (tertiary/aromatic N) is 1. The molecule has 2 N–H and O–H groups in total. The SMILES string of the molecule is O=C(O)c1ccc(NS(=O)(=O)c2cc(Br)ccc2Br)cn1. The molecule has 0 aliphatic rings. The van der Waals surface area contributed by atoms with Crippen molar-refractivity contribution in [1.82, 2.24) is 4.98 Å². The minimum atomic E-state index is -3.81. The summed E-state index contributed by atoms with van der Waals surface area (Å²) in [5.41, 5.74) is 0.00783. The minimum absolute atomic E-state index is 0.0548. The third kappa shape index (κ3) is 3.80. The van der Waals surface area contributed by atoms with Gasteiger partial charge in [-0.15, -0.1) is 0 Å². The average Bonchev–Trinajstić information content (AvgIpc) is 2.41. The molecule has 0 aliphatic carbocycles. The first-order valence-corrected chi connectivity index (χ1v) is 8.54. The summed E-state index contributed by atoms with van der Waals surface area (Å²) in [6.45, 7) is 0. The maximum absolute atomic E-state index is 12.3. The lowest BCUT2D eigenvalue weighted by molar-refractivity contribution is 0.0690. The smallest absolute Gasteiger partial charge is 0.354 e. The van der Waals surface area contributed by atoms with Gasteiger partial charge >= 0.3 is 5.97 Å². The number of benzene rings is 1. The summed E-state index contributed by atoms with van der Waals surface area (Å²) < 4.78 is 27.9. The number of pyridine rings is 1. The van der Waals surface area contributed by atoms with Crippen molar-refractivity contribution in [2.45, 2.75) is 4.90 Å². The van der Waals surface area contributed by atoms with E-state index in [1.165, 1.54) is 18.2 Å². The van der Waals surface area contributed by atoms with Crippen molar-refractivity contribution in [2.75, 3.05) is 4.72 Å². The Balaban J connectivity index is 2.33. The minimum Gasteiger partial charge on any atom is -0.477 e. The average molecular weight is 436 g/mol. The van der Waals surface area contributed by atoms with Crippen LogP contribution in [0.5, 0.6) is 0 Å². The fourth-order valence-electron chi connectivity index (χ4n) is 1.47. The van der Waals surface area contributed by atoms with Crippen molar-refractivity contribution in [1.29, 1.82) is 0 Å². The van der Waals surface area contributed by atoms with E-state index in [0.717, 1.165) is 6.20 Å². The van der Waals surface area contributed by atoms with Crippen molar-refractivity contribution >= 4 is 53.5 Å². The fourth-order valence-corrected chi connectivity index (χ4v) is 4.02. The Hall–Kier alpha value is -1.45. The Bertz CT molecular complexity index is 791. The van der Waals surface area contributed by atoms with Crippen molar-refractivity contribution < 1.29 is 18.3 Å². The zero-order valence-electron chi connectivity index (χ0n) is 10.2. The van der Waals surface area contributed by atoms with Crippen LogP contribution >= 0.6 is 31.9 Å². The quantitative estimate of drug-likeness (QED) is 0.768. The number of anilines is 1. The van der Waals surface area contributed by atoms with Gasteiger partial charge in [0.05, 0.1) is 11.9 Å². The number of hydrogen-bond donors (Lipinski definition) is 2. The van der Waals surface area contributed by atoms with E-state index < -0.39 is 16.0 Å². The molecule has 0 fully saturated rings. The van der Waals surface area contributed by atoms with Crippen LogP contribution in [-0.2, 0) is 10.0 Å². The Morgan fingerprint density at radius 3 is 2.48 bits per heavy atom. The zero-order chi connectivity index (χ0) is 15.6. The van der Waals surface area contributed by atoms with Gasteiger partial charge < -0.3 is 5.11 Å². The molecule has 9 heteroatoms. The van der Waals surface area contributed by atoms with Crippen LogP contribution in [0, 0.1) is 0 Å². The van der Waals surface area contributed by atoms with Gasteiger partial charge in [0.25, 0.3) is 10.0 Å². The number of nitrogens with one attached hydrogen (secondary N) is 1. The van der Waals surface area contributed by atoms with E-state index in [1.807, 2.05) is 0 Å². The first-order valence-electron chi connectivity index (χ1n) is 5.47. The lowest BCUT2D eigenvalue weighted by Crippen LogP contribution is -2.14. The van der Waals surface area contributed by atoms with Crippen LogP contribution in [0.25, 0.3) is 0 Å². The van der Waals surface area contributed by atoms with Crippen molar-refractivity contribution in [2.24, 2.45) is 0 Å². The van der Waals surface area contributed by atoms with E-state index in [0.29, 0.717) is 8.95 Å². The molecular formula is C12H8Br2N2O4S. The van der Waals surface area contributed by atoms with E-state index >= 15 is 0 Å². The standard InChI is InChI=1S/C12H8Br2N2O4S/c13-7-1-3-9(14)11(5-7)21(19,20)16-8-2-4-10(12(17)18)15-6-8/h1-6,16H,(H,17,18). The van der Waals surface area contributed by atoms with Crippen LogP contribution in [0.15, 0.2) is 50.4 Å². The molecule has 0 saturated heterocycles. The highest BCUT2D eigenvalue weighted by atomic mass is 79.9. The van der Waals surface area contributed by atoms with Gasteiger partial charge in [0.15, 0.2) is 0 Å². The Morgan fingerprint density at radius 1 is 1.19 bits per heavy atom. The van der Waals surface area contributed by atoms with Crippen LogP contribution in [0.1, 0.15) is 10.5 Å².